The monoisotopic (exact) mass is 596 g/mol. The van der Waals surface area contributed by atoms with E-state index in [4.69, 9.17) is 9.72 Å². The van der Waals surface area contributed by atoms with Gasteiger partial charge in [0.25, 0.3) is 5.91 Å². The Morgan fingerprint density at radius 2 is 1.76 bits per heavy atom. The van der Waals surface area contributed by atoms with Gasteiger partial charge in [0.2, 0.25) is 10.0 Å². The first-order chi connectivity index (χ1) is 18.0. The van der Waals surface area contributed by atoms with Crippen LogP contribution in [0.4, 0.5) is 5.13 Å². The van der Waals surface area contributed by atoms with Gasteiger partial charge in [-0.2, -0.15) is 4.31 Å². The van der Waals surface area contributed by atoms with E-state index in [1.54, 1.807) is 45.2 Å². The van der Waals surface area contributed by atoms with Crippen LogP contribution in [-0.4, -0.2) is 87.3 Å². The lowest BCUT2D eigenvalue weighted by Crippen LogP contribution is -2.43. The average Bonchev–Trinajstić information content (AvgIpc) is 3.37. The van der Waals surface area contributed by atoms with Crippen molar-refractivity contribution in [2.75, 3.05) is 63.6 Å². The van der Waals surface area contributed by atoms with E-state index in [1.165, 1.54) is 11.3 Å². The van der Waals surface area contributed by atoms with Gasteiger partial charge in [0, 0.05) is 49.7 Å². The normalized spacial score (nSPS) is 17.3. The van der Waals surface area contributed by atoms with Crippen LogP contribution in [0.1, 0.15) is 29.6 Å². The number of morpholine rings is 1. The largest absolute Gasteiger partial charge is 0.379 e. The van der Waals surface area contributed by atoms with Crippen molar-refractivity contribution in [1.29, 1.82) is 0 Å². The minimum Gasteiger partial charge on any atom is -0.379 e. The number of hydrogen-bond acceptors (Lipinski definition) is 8. The van der Waals surface area contributed by atoms with Crippen LogP contribution >= 0.6 is 35.5 Å². The van der Waals surface area contributed by atoms with Crippen molar-refractivity contribution in [2.24, 2.45) is 0 Å². The van der Waals surface area contributed by atoms with E-state index in [0.717, 1.165) is 47.5 Å². The quantitative estimate of drug-likeness (QED) is 0.352. The molecule has 2 aliphatic heterocycles. The van der Waals surface area contributed by atoms with Crippen molar-refractivity contribution in [3.63, 3.8) is 0 Å². The highest BCUT2D eigenvalue weighted by atomic mass is 35.5. The molecule has 0 saturated carbocycles. The number of amides is 1. The molecule has 5 rings (SSSR count). The van der Waals surface area contributed by atoms with Crippen LogP contribution in [0.2, 0.25) is 0 Å². The van der Waals surface area contributed by atoms with Gasteiger partial charge in [-0.1, -0.05) is 17.8 Å². The van der Waals surface area contributed by atoms with Gasteiger partial charge in [0.15, 0.2) is 5.13 Å². The Hall–Kier alpha value is -1.73. The summed E-state index contributed by atoms with van der Waals surface area (Å²) in [7, 11) is -3.55. The second kappa shape index (κ2) is 13.1. The van der Waals surface area contributed by atoms with E-state index >= 15 is 0 Å². The molecule has 12 heteroatoms. The van der Waals surface area contributed by atoms with Crippen LogP contribution in [0.5, 0.6) is 0 Å². The number of ether oxygens (including phenoxy) is 1. The molecule has 0 aliphatic carbocycles. The van der Waals surface area contributed by atoms with Gasteiger partial charge in [-0.25, -0.2) is 13.4 Å². The standard InChI is InChI=1S/C26H32N4O4S3.ClH/c1-35-21-7-10-23-24(19-21)36-26(27-23)30(14-13-28-15-17-34-18-16-28)25(31)20-5-8-22(9-6-20)37(32,33)29-11-3-2-4-12-29;/h5-10,19H,2-4,11-18H2,1H3;1H. The fourth-order valence-corrected chi connectivity index (χ4v) is 7.73. The molecule has 2 saturated heterocycles. The van der Waals surface area contributed by atoms with Crippen LogP contribution in [0.3, 0.4) is 0 Å². The predicted molar refractivity (Wildman–Crippen MR) is 157 cm³/mol. The van der Waals surface area contributed by atoms with Gasteiger partial charge >= 0.3 is 0 Å². The number of rotatable bonds is 8. The average molecular weight is 597 g/mol. The second-order valence-corrected chi connectivity index (χ2v) is 13.1. The number of benzene rings is 2. The van der Waals surface area contributed by atoms with Crippen molar-refractivity contribution in [3.05, 3.63) is 48.0 Å². The Labute approximate surface area is 238 Å². The van der Waals surface area contributed by atoms with Crippen LogP contribution in [0.15, 0.2) is 52.3 Å². The molecule has 0 N–H and O–H groups in total. The molecule has 3 aromatic rings. The zero-order valence-corrected chi connectivity index (χ0v) is 24.6. The third-order valence-corrected chi connectivity index (χ3v) is 10.5. The number of thioether (sulfide) groups is 1. The smallest absolute Gasteiger partial charge is 0.260 e. The van der Waals surface area contributed by atoms with Crippen molar-refractivity contribution in [1.82, 2.24) is 14.2 Å². The molecule has 0 spiro atoms. The summed E-state index contributed by atoms with van der Waals surface area (Å²) >= 11 is 3.18. The summed E-state index contributed by atoms with van der Waals surface area (Å²) in [6.45, 7) is 5.36. The number of anilines is 1. The number of thiazole rings is 1. The van der Waals surface area contributed by atoms with Crippen LogP contribution in [0, 0.1) is 0 Å². The van der Waals surface area contributed by atoms with Crippen molar-refractivity contribution in [2.45, 2.75) is 29.1 Å². The molecule has 0 atom stereocenters. The molecule has 1 amide bonds. The van der Waals surface area contributed by atoms with Gasteiger partial charge in [-0.15, -0.1) is 24.2 Å². The molecule has 0 unspecified atom stereocenters. The highest BCUT2D eigenvalue weighted by Crippen LogP contribution is 2.32. The van der Waals surface area contributed by atoms with Gasteiger partial charge in [-0.05, 0) is 61.6 Å². The summed E-state index contributed by atoms with van der Waals surface area (Å²) in [6.07, 6.45) is 4.86. The number of aromatic nitrogens is 1. The Kier molecular flexibility index (Phi) is 10.1. The summed E-state index contributed by atoms with van der Waals surface area (Å²) < 4.78 is 34.2. The van der Waals surface area contributed by atoms with E-state index < -0.39 is 10.0 Å². The van der Waals surface area contributed by atoms with Crippen molar-refractivity contribution in [3.8, 4) is 0 Å². The lowest BCUT2D eigenvalue weighted by molar-refractivity contribution is 0.0391. The molecule has 2 fully saturated rings. The number of piperidine rings is 1. The van der Waals surface area contributed by atoms with E-state index in [1.807, 2.05) is 18.4 Å². The van der Waals surface area contributed by atoms with Gasteiger partial charge in [0.1, 0.15) is 0 Å². The first kappa shape index (κ1) is 29.3. The number of hydrogen-bond donors (Lipinski definition) is 0. The van der Waals surface area contributed by atoms with E-state index in [2.05, 4.69) is 11.0 Å². The number of nitrogens with zero attached hydrogens (tertiary/aromatic N) is 4. The molecule has 2 aliphatic rings. The highest BCUT2D eigenvalue weighted by molar-refractivity contribution is 7.98. The maximum atomic E-state index is 13.8. The molecular weight excluding hydrogens is 564 g/mol. The molecule has 206 valence electrons. The van der Waals surface area contributed by atoms with Crippen molar-refractivity contribution < 1.29 is 17.9 Å². The number of fused-ring (bicyclic) bond motifs is 1. The summed E-state index contributed by atoms with van der Waals surface area (Å²) in [5.74, 6) is -0.181. The van der Waals surface area contributed by atoms with E-state index in [9.17, 15) is 13.2 Å². The van der Waals surface area contributed by atoms with E-state index in [0.29, 0.717) is 50.1 Å². The third kappa shape index (κ3) is 6.52. The summed E-state index contributed by atoms with van der Waals surface area (Å²) in [4.78, 5) is 24.0. The molecule has 3 heterocycles. The number of carbonyl (C=O) groups is 1. The van der Waals surface area contributed by atoms with Gasteiger partial charge < -0.3 is 4.74 Å². The summed E-state index contributed by atoms with van der Waals surface area (Å²) in [5.41, 5.74) is 1.31. The second-order valence-electron chi connectivity index (χ2n) is 9.23. The minimum absolute atomic E-state index is 0. The Morgan fingerprint density at radius 1 is 1.05 bits per heavy atom. The first-order valence-corrected chi connectivity index (χ1v) is 16.1. The zero-order chi connectivity index (χ0) is 25.8. The topological polar surface area (TPSA) is 83.0 Å². The molecule has 0 bridgehead atoms. The van der Waals surface area contributed by atoms with Crippen molar-refractivity contribution >= 4 is 66.8 Å². The fourth-order valence-electron chi connectivity index (χ4n) is 4.67. The summed E-state index contributed by atoms with van der Waals surface area (Å²) in [6, 6.07) is 12.5. The van der Waals surface area contributed by atoms with Gasteiger partial charge in [0.05, 0.1) is 28.3 Å². The minimum atomic E-state index is -3.55. The third-order valence-electron chi connectivity index (χ3n) is 6.86. The van der Waals surface area contributed by atoms with Crippen LogP contribution in [-0.2, 0) is 14.8 Å². The SMILES string of the molecule is CSc1ccc2nc(N(CCN3CCOCC3)C(=O)c3ccc(S(=O)(=O)N4CCCCC4)cc3)sc2c1.Cl. The number of carbonyl (C=O) groups excluding carboxylic acids is 1. The van der Waals surface area contributed by atoms with Gasteiger partial charge in [-0.3, -0.25) is 14.6 Å². The maximum Gasteiger partial charge on any atom is 0.260 e. The summed E-state index contributed by atoms with van der Waals surface area (Å²) in [5, 5.41) is 0.650. The fraction of sp³-hybridized carbons (Fsp3) is 0.462. The molecule has 0 radical (unpaired) electrons. The Morgan fingerprint density at radius 3 is 2.45 bits per heavy atom. The number of halogens is 1. The molecule has 1 aromatic heterocycles. The molecule has 8 nitrogen and oxygen atoms in total. The number of sulfonamides is 1. The lowest BCUT2D eigenvalue weighted by atomic mass is 10.2. The maximum absolute atomic E-state index is 13.8. The first-order valence-electron chi connectivity index (χ1n) is 12.6. The lowest BCUT2D eigenvalue weighted by Gasteiger charge is -2.29. The Balaban J connectivity index is 0.00000336. The van der Waals surface area contributed by atoms with E-state index in [-0.39, 0.29) is 23.2 Å². The van der Waals surface area contributed by atoms with Crippen LogP contribution in [0.25, 0.3) is 10.2 Å². The highest BCUT2D eigenvalue weighted by Gasteiger charge is 2.27. The Bertz CT molecular complexity index is 1340. The molecule has 38 heavy (non-hydrogen) atoms. The zero-order valence-electron chi connectivity index (χ0n) is 21.4. The molecular formula is C26H33ClN4O4S3. The van der Waals surface area contributed by atoms with Crippen LogP contribution < -0.4 is 4.90 Å². The molecule has 2 aromatic carbocycles. The predicted octanol–water partition coefficient (Wildman–Crippen LogP) is 4.59.